The number of rotatable bonds is 3. The second kappa shape index (κ2) is 3.55. The van der Waals surface area contributed by atoms with Crippen molar-refractivity contribution < 1.29 is 0 Å². The van der Waals surface area contributed by atoms with Crippen LogP contribution < -0.4 is 11.5 Å². The minimum atomic E-state index is -0.193. The van der Waals surface area contributed by atoms with Crippen LogP contribution in [0.1, 0.15) is 40.5 Å². The summed E-state index contributed by atoms with van der Waals surface area (Å²) in [6.45, 7) is 9.16. The van der Waals surface area contributed by atoms with Crippen molar-refractivity contribution in [3.05, 3.63) is 0 Å². The summed E-state index contributed by atoms with van der Waals surface area (Å²) in [6, 6.07) is 0. The van der Waals surface area contributed by atoms with E-state index in [9.17, 15) is 0 Å². The highest BCUT2D eigenvalue weighted by molar-refractivity contribution is 4.95. The van der Waals surface area contributed by atoms with Gasteiger partial charge in [-0.1, -0.05) is 34.1 Å². The van der Waals surface area contributed by atoms with E-state index in [2.05, 4.69) is 27.7 Å². The molecule has 2 heteroatoms. The standard InChI is InChI=1S/C9H22N2/c1-5-6-9(11,7-10)8(2,3)4/h5-7,10-11H2,1-4H3. The van der Waals surface area contributed by atoms with Crippen LogP contribution in [0.25, 0.3) is 0 Å². The van der Waals surface area contributed by atoms with Gasteiger partial charge in [-0.2, -0.15) is 0 Å². The van der Waals surface area contributed by atoms with E-state index in [1.165, 1.54) is 0 Å². The predicted octanol–water partition coefficient (Wildman–Crippen LogP) is 1.49. The van der Waals surface area contributed by atoms with Gasteiger partial charge in [-0.25, -0.2) is 0 Å². The van der Waals surface area contributed by atoms with E-state index in [1.807, 2.05) is 0 Å². The fourth-order valence-electron chi connectivity index (χ4n) is 1.23. The lowest BCUT2D eigenvalue weighted by atomic mass is 9.72. The highest BCUT2D eigenvalue weighted by Gasteiger charge is 2.35. The van der Waals surface area contributed by atoms with Crippen molar-refractivity contribution >= 4 is 0 Å². The molecule has 0 aliphatic heterocycles. The Morgan fingerprint density at radius 1 is 1.18 bits per heavy atom. The van der Waals surface area contributed by atoms with Crippen molar-refractivity contribution in [2.45, 2.75) is 46.1 Å². The lowest BCUT2D eigenvalue weighted by Gasteiger charge is -2.40. The fraction of sp³-hybridized carbons (Fsp3) is 1.00. The summed E-state index contributed by atoms with van der Waals surface area (Å²) < 4.78 is 0. The highest BCUT2D eigenvalue weighted by Crippen LogP contribution is 2.30. The molecule has 0 rings (SSSR count). The number of nitrogens with two attached hydrogens (primary N) is 2. The summed E-state index contributed by atoms with van der Waals surface area (Å²) in [6.07, 6.45) is 2.11. The van der Waals surface area contributed by atoms with Crippen LogP contribution >= 0.6 is 0 Å². The van der Waals surface area contributed by atoms with Gasteiger partial charge in [-0.05, 0) is 11.8 Å². The molecule has 0 spiro atoms. The quantitative estimate of drug-likeness (QED) is 0.654. The first-order chi connectivity index (χ1) is 4.87. The summed E-state index contributed by atoms with van der Waals surface area (Å²) >= 11 is 0. The maximum Gasteiger partial charge on any atom is 0.0327 e. The number of hydrogen-bond acceptors (Lipinski definition) is 2. The second-order valence-electron chi connectivity index (χ2n) is 4.36. The topological polar surface area (TPSA) is 52.0 Å². The maximum atomic E-state index is 6.16. The monoisotopic (exact) mass is 158 g/mol. The van der Waals surface area contributed by atoms with Crippen LogP contribution in [0.5, 0.6) is 0 Å². The van der Waals surface area contributed by atoms with Crippen molar-refractivity contribution in [3.8, 4) is 0 Å². The molecule has 0 aromatic rings. The Bertz CT molecular complexity index is 115. The lowest BCUT2D eigenvalue weighted by molar-refractivity contribution is 0.180. The normalized spacial score (nSPS) is 18.0. The molecule has 0 heterocycles. The van der Waals surface area contributed by atoms with E-state index < -0.39 is 0 Å². The summed E-state index contributed by atoms with van der Waals surface area (Å²) in [7, 11) is 0. The van der Waals surface area contributed by atoms with Crippen LogP contribution in [0.2, 0.25) is 0 Å². The minimum absolute atomic E-state index is 0.109. The van der Waals surface area contributed by atoms with E-state index in [0.29, 0.717) is 6.54 Å². The molecular formula is C9H22N2. The lowest BCUT2D eigenvalue weighted by Crippen LogP contribution is -2.56. The molecule has 0 aliphatic rings. The van der Waals surface area contributed by atoms with Gasteiger partial charge >= 0.3 is 0 Å². The van der Waals surface area contributed by atoms with Crippen molar-refractivity contribution in [2.75, 3.05) is 6.54 Å². The molecule has 0 aromatic heterocycles. The summed E-state index contributed by atoms with van der Waals surface area (Å²) in [5.74, 6) is 0. The second-order valence-corrected chi connectivity index (χ2v) is 4.36. The molecule has 0 saturated carbocycles. The highest BCUT2D eigenvalue weighted by atomic mass is 14.8. The molecule has 1 unspecified atom stereocenters. The van der Waals surface area contributed by atoms with Crippen LogP contribution in [0.15, 0.2) is 0 Å². The first kappa shape index (κ1) is 10.9. The van der Waals surface area contributed by atoms with E-state index in [4.69, 9.17) is 11.5 Å². The zero-order valence-corrected chi connectivity index (χ0v) is 8.28. The molecule has 0 fully saturated rings. The molecule has 0 aromatic carbocycles. The van der Waals surface area contributed by atoms with Gasteiger partial charge in [-0.15, -0.1) is 0 Å². The molecule has 68 valence electrons. The Hall–Kier alpha value is -0.0800. The van der Waals surface area contributed by atoms with Gasteiger partial charge in [0, 0.05) is 12.1 Å². The van der Waals surface area contributed by atoms with E-state index in [1.54, 1.807) is 0 Å². The van der Waals surface area contributed by atoms with E-state index in [-0.39, 0.29) is 11.0 Å². The Morgan fingerprint density at radius 3 is 1.73 bits per heavy atom. The smallest absolute Gasteiger partial charge is 0.0327 e. The Balaban J connectivity index is 4.33. The molecule has 1 atom stereocenters. The fourth-order valence-corrected chi connectivity index (χ4v) is 1.23. The molecule has 0 aliphatic carbocycles. The Labute approximate surface area is 70.3 Å². The first-order valence-corrected chi connectivity index (χ1v) is 4.36. The van der Waals surface area contributed by atoms with Crippen molar-refractivity contribution in [3.63, 3.8) is 0 Å². The average molecular weight is 158 g/mol. The molecule has 4 N–H and O–H groups in total. The predicted molar refractivity (Wildman–Crippen MR) is 50.3 cm³/mol. The van der Waals surface area contributed by atoms with Gasteiger partial charge < -0.3 is 11.5 Å². The summed E-state index contributed by atoms with van der Waals surface area (Å²) in [5, 5.41) is 0. The Kier molecular flexibility index (Phi) is 3.52. The first-order valence-electron chi connectivity index (χ1n) is 4.36. The SMILES string of the molecule is CCCC(N)(CN)C(C)(C)C. The van der Waals surface area contributed by atoms with Gasteiger partial charge in [0.05, 0.1) is 0 Å². The van der Waals surface area contributed by atoms with Crippen LogP contribution in [0.4, 0.5) is 0 Å². The van der Waals surface area contributed by atoms with Gasteiger partial charge in [-0.3, -0.25) is 0 Å². The summed E-state index contributed by atoms with van der Waals surface area (Å²) in [5.41, 5.74) is 11.7. The maximum absolute atomic E-state index is 6.16. The van der Waals surface area contributed by atoms with Crippen LogP contribution in [-0.4, -0.2) is 12.1 Å². The third-order valence-electron chi connectivity index (χ3n) is 2.55. The van der Waals surface area contributed by atoms with Crippen LogP contribution in [0, 0.1) is 5.41 Å². The molecule has 0 amide bonds. The van der Waals surface area contributed by atoms with Gasteiger partial charge in [0.25, 0.3) is 0 Å². The molecule has 2 nitrogen and oxygen atoms in total. The van der Waals surface area contributed by atoms with Crippen molar-refractivity contribution in [1.29, 1.82) is 0 Å². The third-order valence-corrected chi connectivity index (χ3v) is 2.55. The van der Waals surface area contributed by atoms with Crippen LogP contribution in [0.3, 0.4) is 0 Å². The average Bonchev–Trinajstić information content (AvgIpc) is 1.86. The zero-order valence-electron chi connectivity index (χ0n) is 8.28. The van der Waals surface area contributed by atoms with Gasteiger partial charge in [0.15, 0.2) is 0 Å². The minimum Gasteiger partial charge on any atom is -0.329 e. The van der Waals surface area contributed by atoms with Crippen molar-refractivity contribution in [1.82, 2.24) is 0 Å². The number of hydrogen-bond donors (Lipinski definition) is 2. The molecule has 0 saturated heterocycles. The third kappa shape index (κ3) is 2.46. The van der Waals surface area contributed by atoms with Gasteiger partial charge in [0.2, 0.25) is 0 Å². The van der Waals surface area contributed by atoms with E-state index >= 15 is 0 Å². The van der Waals surface area contributed by atoms with E-state index in [0.717, 1.165) is 12.8 Å². The molecule has 11 heavy (non-hydrogen) atoms. The van der Waals surface area contributed by atoms with Crippen molar-refractivity contribution in [2.24, 2.45) is 16.9 Å². The molecule has 0 radical (unpaired) electrons. The molecule has 0 bridgehead atoms. The summed E-state index contributed by atoms with van der Waals surface area (Å²) in [4.78, 5) is 0. The Morgan fingerprint density at radius 2 is 1.64 bits per heavy atom. The van der Waals surface area contributed by atoms with Gasteiger partial charge in [0.1, 0.15) is 0 Å². The van der Waals surface area contributed by atoms with Crippen LogP contribution in [-0.2, 0) is 0 Å². The zero-order chi connectivity index (χ0) is 9.12. The largest absolute Gasteiger partial charge is 0.329 e. The molecular weight excluding hydrogens is 136 g/mol.